The van der Waals surface area contributed by atoms with Crippen molar-refractivity contribution >= 4 is 59.3 Å². The van der Waals surface area contributed by atoms with Gasteiger partial charge in [-0.2, -0.15) is 0 Å². The van der Waals surface area contributed by atoms with Gasteiger partial charge >= 0.3 is 0 Å². The maximum atomic E-state index is 2.53. The second-order valence-electron chi connectivity index (χ2n) is 14.1. The van der Waals surface area contributed by atoms with Crippen molar-refractivity contribution in [1.82, 2.24) is 0 Å². The van der Waals surface area contributed by atoms with Gasteiger partial charge in [-0.3, -0.25) is 0 Å². The molecule has 51 heavy (non-hydrogen) atoms. The maximum Gasteiger partial charge on any atom is 0.0555 e. The zero-order valence-electron chi connectivity index (χ0n) is 28.6. The van der Waals surface area contributed by atoms with E-state index in [9.17, 15) is 0 Å². The van der Waals surface area contributed by atoms with Crippen LogP contribution in [0, 0.1) is 0 Å². The Hall–Kier alpha value is -5.96. The number of benzene rings is 8. The molecule has 9 aromatic rings. The van der Waals surface area contributed by atoms with E-state index >= 15 is 0 Å². The summed E-state index contributed by atoms with van der Waals surface area (Å²) in [4.78, 5) is 2.53. The quantitative estimate of drug-likeness (QED) is 0.176. The van der Waals surface area contributed by atoms with E-state index < -0.39 is 0 Å². The molecule has 0 fully saturated rings. The number of anilines is 3. The highest BCUT2D eigenvalue weighted by Crippen LogP contribution is 2.56. The second-order valence-corrected chi connectivity index (χ2v) is 15.2. The third-order valence-electron chi connectivity index (χ3n) is 10.9. The first-order chi connectivity index (χ1) is 25.1. The summed E-state index contributed by atoms with van der Waals surface area (Å²) in [5.74, 6) is 0. The molecule has 0 spiro atoms. The van der Waals surface area contributed by atoms with Crippen molar-refractivity contribution < 1.29 is 0 Å². The standard InChI is InChI=1S/C49H35NS/c1-49(2)41-19-10-8-17-39(41)46-42(49)20-12-21-43(46)50(37-27-25-33(26-28-37)36-24-23-32-13-6-7-16-35(32)31-36)44-30-29-38(34-14-4-3-5-15-34)48-47(44)40-18-9-11-22-45(40)51-48/h3-31H,1-2H3. The fourth-order valence-electron chi connectivity index (χ4n) is 8.34. The van der Waals surface area contributed by atoms with Crippen LogP contribution in [0.4, 0.5) is 17.1 Å². The summed E-state index contributed by atoms with van der Waals surface area (Å²) in [6.45, 7) is 4.73. The van der Waals surface area contributed by atoms with E-state index in [0.29, 0.717) is 0 Å². The predicted molar refractivity (Wildman–Crippen MR) is 220 cm³/mol. The van der Waals surface area contributed by atoms with Gasteiger partial charge in [-0.1, -0.05) is 153 Å². The molecular formula is C49H35NS. The Labute approximate surface area is 302 Å². The molecule has 0 radical (unpaired) electrons. The van der Waals surface area contributed by atoms with Crippen LogP contribution in [0.1, 0.15) is 25.0 Å². The van der Waals surface area contributed by atoms with Gasteiger partial charge in [0.25, 0.3) is 0 Å². The monoisotopic (exact) mass is 669 g/mol. The fourth-order valence-corrected chi connectivity index (χ4v) is 9.60. The predicted octanol–water partition coefficient (Wildman–Crippen LogP) is 14.3. The summed E-state index contributed by atoms with van der Waals surface area (Å²) in [6.07, 6.45) is 0. The van der Waals surface area contributed by atoms with Crippen LogP contribution in [0.5, 0.6) is 0 Å². The summed E-state index contributed by atoms with van der Waals surface area (Å²) in [6, 6.07) is 64.8. The van der Waals surface area contributed by atoms with Gasteiger partial charge in [0.15, 0.2) is 0 Å². The van der Waals surface area contributed by atoms with Crippen molar-refractivity contribution in [3.05, 3.63) is 187 Å². The van der Waals surface area contributed by atoms with Crippen LogP contribution in [0.25, 0.3) is 64.3 Å². The van der Waals surface area contributed by atoms with Gasteiger partial charge in [0, 0.05) is 36.8 Å². The third kappa shape index (κ3) is 4.67. The van der Waals surface area contributed by atoms with Crippen LogP contribution in [0.3, 0.4) is 0 Å². The lowest BCUT2D eigenvalue weighted by atomic mass is 9.82. The summed E-state index contributed by atoms with van der Waals surface area (Å²) in [7, 11) is 0. The van der Waals surface area contributed by atoms with Crippen LogP contribution < -0.4 is 4.90 Å². The lowest BCUT2D eigenvalue weighted by Gasteiger charge is -2.30. The summed E-state index contributed by atoms with van der Waals surface area (Å²) in [5, 5.41) is 5.10. The molecule has 0 bridgehead atoms. The lowest BCUT2D eigenvalue weighted by molar-refractivity contribution is 0.660. The van der Waals surface area contributed by atoms with E-state index in [-0.39, 0.29) is 5.41 Å². The molecule has 1 nitrogen and oxygen atoms in total. The molecule has 242 valence electrons. The molecule has 0 saturated carbocycles. The van der Waals surface area contributed by atoms with Crippen LogP contribution >= 0.6 is 11.3 Å². The van der Waals surface area contributed by atoms with Gasteiger partial charge in [-0.15, -0.1) is 11.3 Å². The number of nitrogens with zero attached hydrogens (tertiary/aromatic N) is 1. The molecule has 10 rings (SSSR count). The largest absolute Gasteiger partial charge is 0.309 e. The molecule has 2 heteroatoms. The van der Waals surface area contributed by atoms with E-state index in [0.717, 1.165) is 5.69 Å². The summed E-state index contributed by atoms with van der Waals surface area (Å²) < 4.78 is 2.61. The molecule has 1 heterocycles. The Balaban J connectivity index is 1.24. The summed E-state index contributed by atoms with van der Waals surface area (Å²) >= 11 is 1.89. The molecule has 0 unspecified atom stereocenters. The van der Waals surface area contributed by atoms with E-state index in [1.54, 1.807) is 0 Å². The van der Waals surface area contributed by atoms with Gasteiger partial charge in [-0.05, 0) is 86.1 Å². The number of rotatable bonds is 5. The van der Waals surface area contributed by atoms with Gasteiger partial charge in [0.1, 0.15) is 0 Å². The third-order valence-corrected chi connectivity index (χ3v) is 12.1. The van der Waals surface area contributed by atoms with E-state index in [2.05, 4.69) is 195 Å². The Kier molecular flexibility index (Phi) is 6.78. The Morgan fingerprint density at radius 2 is 1.18 bits per heavy atom. The van der Waals surface area contributed by atoms with Crippen molar-refractivity contribution in [1.29, 1.82) is 0 Å². The van der Waals surface area contributed by atoms with E-state index in [1.165, 1.54) is 86.8 Å². The van der Waals surface area contributed by atoms with Crippen molar-refractivity contribution in [2.24, 2.45) is 0 Å². The second kappa shape index (κ2) is 11.6. The molecule has 0 atom stereocenters. The molecule has 0 saturated heterocycles. The van der Waals surface area contributed by atoms with Gasteiger partial charge < -0.3 is 4.90 Å². The van der Waals surface area contributed by atoms with Crippen molar-refractivity contribution in [2.45, 2.75) is 19.3 Å². The molecular weight excluding hydrogens is 635 g/mol. The fraction of sp³-hybridized carbons (Fsp3) is 0.0612. The molecule has 0 amide bonds. The molecule has 8 aromatic carbocycles. The SMILES string of the molecule is CC1(C)c2ccccc2-c2c(N(c3ccc(-c4ccc5ccccc5c4)cc3)c3ccc(-c4ccccc4)c4sc5ccccc5c34)cccc21. The summed E-state index contributed by atoms with van der Waals surface area (Å²) in [5.41, 5.74) is 13.8. The van der Waals surface area contributed by atoms with Crippen LogP contribution in [0.2, 0.25) is 0 Å². The van der Waals surface area contributed by atoms with E-state index in [4.69, 9.17) is 0 Å². The highest BCUT2D eigenvalue weighted by atomic mass is 32.1. The molecule has 0 aliphatic heterocycles. The van der Waals surface area contributed by atoms with Gasteiger partial charge in [0.05, 0.1) is 11.4 Å². The van der Waals surface area contributed by atoms with Gasteiger partial charge in [-0.25, -0.2) is 0 Å². The minimum absolute atomic E-state index is 0.102. The van der Waals surface area contributed by atoms with Crippen molar-refractivity contribution in [3.63, 3.8) is 0 Å². The zero-order valence-corrected chi connectivity index (χ0v) is 29.4. The minimum atomic E-state index is -0.102. The van der Waals surface area contributed by atoms with Crippen LogP contribution in [-0.4, -0.2) is 0 Å². The van der Waals surface area contributed by atoms with Crippen LogP contribution in [0.15, 0.2) is 176 Å². The van der Waals surface area contributed by atoms with Crippen molar-refractivity contribution in [2.75, 3.05) is 4.90 Å². The first-order valence-electron chi connectivity index (χ1n) is 17.7. The highest BCUT2D eigenvalue weighted by Gasteiger charge is 2.38. The molecule has 0 N–H and O–H groups in total. The molecule has 1 aliphatic carbocycles. The minimum Gasteiger partial charge on any atom is -0.309 e. The average molecular weight is 670 g/mol. The Morgan fingerprint density at radius 1 is 0.471 bits per heavy atom. The topological polar surface area (TPSA) is 3.24 Å². The van der Waals surface area contributed by atoms with E-state index in [1.807, 2.05) is 11.3 Å². The first kappa shape index (κ1) is 29.9. The molecule has 1 aromatic heterocycles. The first-order valence-corrected chi connectivity index (χ1v) is 18.5. The number of fused-ring (bicyclic) bond motifs is 7. The smallest absolute Gasteiger partial charge is 0.0555 e. The highest BCUT2D eigenvalue weighted by molar-refractivity contribution is 7.26. The molecule has 1 aliphatic rings. The Bertz CT molecular complexity index is 2770. The maximum absolute atomic E-state index is 2.53. The van der Waals surface area contributed by atoms with Gasteiger partial charge in [0.2, 0.25) is 0 Å². The zero-order chi connectivity index (χ0) is 34.1. The average Bonchev–Trinajstić information content (AvgIpc) is 3.69. The number of hydrogen-bond acceptors (Lipinski definition) is 2. The van der Waals surface area contributed by atoms with Crippen molar-refractivity contribution in [3.8, 4) is 33.4 Å². The lowest BCUT2D eigenvalue weighted by Crippen LogP contribution is -2.16. The normalized spacial score (nSPS) is 13.1. The van der Waals surface area contributed by atoms with Crippen LogP contribution in [-0.2, 0) is 5.41 Å². The number of hydrogen-bond donors (Lipinski definition) is 0. The number of thiophene rings is 1. The Morgan fingerprint density at radius 3 is 2.04 bits per heavy atom.